The number of hydrogen-bond donors (Lipinski definition) is 1. The predicted octanol–water partition coefficient (Wildman–Crippen LogP) is 5.62. The van der Waals surface area contributed by atoms with Crippen molar-refractivity contribution in [3.63, 3.8) is 0 Å². The van der Waals surface area contributed by atoms with E-state index in [-0.39, 0.29) is 5.91 Å². The van der Waals surface area contributed by atoms with E-state index < -0.39 is 9.17 Å². The maximum Gasteiger partial charge on any atom is 0.262 e. The number of carbonyl (C=O) groups excluding carboxylic acids is 1. The van der Waals surface area contributed by atoms with Crippen molar-refractivity contribution >= 4 is 75.4 Å². The molecule has 1 aromatic heterocycles. The molecule has 0 spiro atoms. The highest BCUT2D eigenvalue weighted by Crippen LogP contribution is 2.39. The Morgan fingerprint density at radius 2 is 1.86 bits per heavy atom. The van der Waals surface area contributed by atoms with Crippen LogP contribution in [-0.4, -0.2) is 15.1 Å². The summed E-state index contributed by atoms with van der Waals surface area (Å²) in [7, 11) is 0. The van der Waals surface area contributed by atoms with E-state index in [1.165, 1.54) is 23.1 Å². The van der Waals surface area contributed by atoms with Gasteiger partial charge < -0.3 is 5.32 Å². The molecule has 0 bridgehead atoms. The number of rotatable bonds is 4. The number of amides is 1. The zero-order chi connectivity index (χ0) is 15.5. The molecule has 2 nitrogen and oxygen atoms in total. The smallest absolute Gasteiger partial charge is 0.262 e. The fraction of sp³-hybridized carbons (Fsp3) is 0.154. The number of halogens is 4. The van der Waals surface area contributed by atoms with Crippen molar-refractivity contribution in [2.24, 2.45) is 0 Å². The molecule has 8 heteroatoms. The van der Waals surface area contributed by atoms with E-state index in [2.05, 4.69) is 5.32 Å². The predicted molar refractivity (Wildman–Crippen MR) is 93.2 cm³/mol. The van der Waals surface area contributed by atoms with E-state index in [4.69, 9.17) is 46.4 Å². The third-order valence-electron chi connectivity index (χ3n) is 2.37. The third kappa shape index (κ3) is 5.23. The summed E-state index contributed by atoms with van der Waals surface area (Å²) >= 11 is 26.3. The molecule has 21 heavy (non-hydrogen) atoms. The Morgan fingerprint density at radius 1 is 1.19 bits per heavy atom. The van der Waals surface area contributed by atoms with Gasteiger partial charge in [-0.1, -0.05) is 64.2 Å². The molecule has 0 aliphatic rings. The lowest BCUT2D eigenvalue weighted by Gasteiger charge is -2.24. The molecule has 1 aromatic carbocycles. The molecule has 1 heterocycles. The van der Waals surface area contributed by atoms with Crippen LogP contribution in [0.5, 0.6) is 0 Å². The Kier molecular flexibility index (Phi) is 6.12. The van der Waals surface area contributed by atoms with Crippen LogP contribution in [0.25, 0.3) is 0 Å². The zero-order valence-corrected chi connectivity index (χ0v) is 15.0. The Hall–Kier alpha value is -0.100. The van der Waals surface area contributed by atoms with Crippen LogP contribution in [0, 0.1) is 0 Å². The van der Waals surface area contributed by atoms with Gasteiger partial charge in [0.25, 0.3) is 5.91 Å². The average Bonchev–Trinajstić information content (AvgIpc) is 2.93. The van der Waals surface area contributed by atoms with E-state index in [1.807, 2.05) is 5.38 Å². The van der Waals surface area contributed by atoms with Crippen LogP contribution in [-0.2, 0) is 0 Å². The summed E-state index contributed by atoms with van der Waals surface area (Å²) in [5.41, 5.74) is 0. The van der Waals surface area contributed by atoms with Gasteiger partial charge in [-0.25, -0.2) is 0 Å². The number of carbonyl (C=O) groups is 1. The molecule has 0 unspecified atom stereocenters. The molecule has 0 saturated carbocycles. The second kappa shape index (κ2) is 7.44. The summed E-state index contributed by atoms with van der Waals surface area (Å²) in [4.78, 5) is 13.5. The largest absolute Gasteiger partial charge is 0.335 e. The maximum atomic E-state index is 12.1. The highest BCUT2D eigenvalue weighted by Gasteiger charge is 2.35. The number of nitrogens with one attached hydrogen (secondary N) is 1. The summed E-state index contributed by atoms with van der Waals surface area (Å²) < 4.78 is -1.64. The molecule has 1 atom stereocenters. The van der Waals surface area contributed by atoms with E-state index in [1.54, 1.807) is 36.4 Å². The van der Waals surface area contributed by atoms with Crippen molar-refractivity contribution in [2.45, 2.75) is 14.1 Å². The highest BCUT2D eigenvalue weighted by molar-refractivity contribution is 8.00. The monoisotopic (exact) mass is 399 g/mol. The van der Waals surface area contributed by atoms with Gasteiger partial charge in [0.05, 0.1) is 4.88 Å². The van der Waals surface area contributed by atoms with Crippen LogP contribution in [0.15, 0.2) is 46.7 Å². The van der Waals surface area contributed by atoms with Crippen molar-refractivity contribution in [1.82, 2.24) is 5.32 Å². The SMILES string of the molecule is O=C(N[C@H](Sc1ccc(Cl)cc1)C(Cl)(Cl)Cl)c1cccs1. The number of benzene rings is 1. The van der Waals surface area contributed by atoms with Crippen LogP contribution in [0.2, 0.25) is 5.02 Å². The summed E-state index contributed by atoms with van der Waals surface area (Å²) in [6.07, 6.45) is 0. The minimum atomic E-state index is -1.64. The first-order valence-corrected chi connectivity index (χ1v) is 8.96. The van der Waals surface area contributed by atoms with Gasteiger partial charge in [-0.2, -0.15) is 0 Å². The number of thiophene rings is 1. The van der Waals surface area contributed by atoms with E-state index in [0.717, 1.165) is 4.90 Å². The number of hydrogen-bond acceptors (Lipinski definition) is 3. The summed E-state index contributed by atoms with van der Waals surface area (Å²) in [6.45, 7) is 0. The van der Waals surface area contributed by atoms with Gasteiger partial charge in [-0.15, -0.1) is 11.3 Å². The topological polar surface area (TPSA) is 29.1 Å². The molecule has 1 amide bonds. The quantitative estimate of drug-likeness (QED) is 0.410. The van der Waals surface area contributed by atoms with Crippen molar-refractivity contribution in [3.05, 3.63) is 51.7 Å². The van der Waals surface area contributed by atoms with Gasteiger partial charge in [-0.3, -0.25) is 4.79 Å². The van der Waals surface area contributed by atoms with Gasteiger partial charge in [0, 0.05) is 9.92 Å². The Balaban J connectivity index is 2.12. The number of alkyl halides is 3. The Labute approximate surface area is 150 Å². The van der Waals surface area contributed by atoms with E-state index in [9.17, 15) is 4.79 Å². The molecule has 2 rings (SSSR count). The van der Waals surface area contributed by atoms with Gasteiger partial charge in [-0.05, 0) is 35.7 Å². The first kappa shape index (κ1) is 17.3. The lowest BCUT2D eigenvalue weighted by molar-refractivity contribution is 0.0954. The normalized spacial score (nSPS) is 13.0. The Morgan fingerprint density at radius 3 is 2.38 bits per heavy atom. The van der Waals surface area contributed by atoms with Gasteiger partial charge in [0.2, 0.25) is 3.79 Å². The van der Waals surface area contributed by atoms with Crippen molar-refractivity contribution in [2.75, 3.05) is 0 Å². The van der Waals surface area contributed by atoms with Crippen LogP contribution in [0.3, 0.4) is 0 Å². The minimum absolute atomic E-state index is 0.275. The molecular weight excluding hydrogens is 392 g/mol. The van der Waals surface area contributed by atoms with Crippen LogP contribution < -0.4 is 5.32 Å². The molecule has 0 saturated heterocycles. The maximum absolute atomic E-state index is 12.1. The molecule has 0 fully saturated rings. The molecule has 0 radical (unpaired) electrons. The van der Waals surface area contributed by atoms with Crippen LogP contribution in [0.4, 0.5) is 0 Å². The van der Waals surface area contributed by atoms with Gasteiger partial charge in [0.15, 0.2) is 0 Å². The van der Waals surface area contributed by atoms with E-state index >= 15 is 0 Å². The Bertz CT molecular complexity index is 596. The minimum Gasteiger partial charge on any atom is -0.335 e. The standard InChI is InChI=1S/C13H9Cl4NOS2/c14-8-3-5-9(6-4-8)21-12(13(15,16)17)18-11(19)10-2-1-7-20-10/h1-7,12H,(H,18,19)/t12-/m1/s1. The van der Waals surface area contributed by atoms with Gasteiger partial charge in [0.1, 0.15) is 5.37 Å². The van der Waals surface area contributed by atoms with E-state index in [0.29, 0.717) is 9.90 Å². The van der Waals surface area contributed by atoms with Crippen molar-refractivity contribution in [1.29, 1.82) is 0 Å². The van der Waals surface area contributed by atoms with Crippen molar-refractivity contribution < 1.29 is 4.79 Å². The molecule has 1 N–H and O–H groups in total. The molecule has 112 valence electrons. The fourth-order valence-corrected chi connectivity index (χ4v) is 3.61. The fourth-order valence-electron chi connectivity index (χ4n) is 1.43. The summed E-state index contributed by atoms with van der Waals surface area (Å²) in [6, 6.07) is 10.6. The average molecular weight is 401 g/mol. The second-order valence-corrected chi connectivity index (χ2v) is 8.88. The van der Waals surface area contributed by atoms with Gasteiger partial charge >= 0.3 is 0 Å². The highest BCUT2D eigenvalue weighted by atomic mass is 35.6. The zero-order valence-electron chi connectivity index (χ0n) is 10.4. The lowest BCUT2D eigenvalue weighted by atomic mass is 10.4. The number of thioether (sulfide) groups is 1. The lowest BCUT2D eigenvalue weighted by Crippen LogP contribution is -2.41. The molecule has 0 aliphatic carbocycles. The molecular formula is C13H9Cl4NOS2. The third-order valence-corrected chi connectivity index (χ3v) is 5.79. The second-order valence-electron chi connectivity index (χ2n) is 3.94. The summed E-state index contributed by atoms with van der Waals surface area (Å²) in [5.74, 6) is -0.275. The molecule has 2 aromatic rings. The van der Waals surface area contributed by atoms with Crippen molar-refractivity contribution in [3.8, 4) is 0 Å². The summed E-state index contributed by atoms with van der Waals surface area (Å²) in [5, 5.41) is 4.43. The first-order chi connectivity index (χ1) is 9.86. The molecule has 0 aliphatic heterocycles. The first-order valence-electron chi connectivity index (χ1n) is 5.69. The van der Waals surface area contributed by atoms with Crippen LogP contribution in [0.1, 0.15) is 9.67 Å². The van der Waals surface area contributed by atoms with Crippen LogP contribution >= 0.6 is 69.5 Å².